The van der Waals surface area contributed by atoms with E-state index < -0.39 is 12.1 Å². The fourth-order valence-corrected chi connectivity index (χ4v) is 5.63. The summed E-state index contributed by atoms with van der Waals surface area (Å²) < 4.78 is 5.61. The van der Waals surface area contributed by atoms with Crippen molar-refractivity contribution >= 4 is 18.0 Å². The molecule has 3 aliphatic rings. The predicted octanol–water partition coefficient (Wildman–Crippen LogP) is 3.78. The van der Waals surface area contributed by atoms with E-state index >= 15 is 0 Å². The van der Waals surface area contributed by atoms with Crippen LogP contribution in [0.4, 0.5) is 4.79 Å². The topological polar surface area (TPSA) is 105 Å². The molecule has 0 radical (unpaired) electrons. The molecule has 2 fully saturated rings. The lowest BCUT2D eigenvalue weighted by Gasteiger charge is -2.20. The average Bonchev–Trinajstić information content (AvgIpc) is 3.36. The van der Waals surface area contributed by atoms with Crippen molar-refractivity contribution < 1.29 is 24.2 Å². The van der Waals surface area contributed by atoms with Crippen LogP contribution in [-0.4, -0.2) is 42.8 Å². The van der Waals surface area contributed by atoms with Crippen LogP contribution in [0.15, 0.2) is 48.5 Å². The van der Waals surface area contributed by atoms with Crippen LogP contribution in [0.3, 0.4) is 0 Å². The molecule has 0 aromatic heterocycles. The summed E-state index contributed by atoms with van der Waals surface area (Å²) in [5.41, 5.74) is 4.72. The van der Waals surface area contributed by atoms with Gasteiger partial charge in [0.15, 0.2) is 0 Å². The summed E-state index contributed by atoms with van der Waals surface area (Å²) in [7, 11) is 0. The van der Waals surface area contributed by atoms with E-state index in [0.29, 0.717) is 19.5 Å². The first-order chi connectivity index (χ1) is 16.5. The van der Waals surface area contributed by atoms with E-state index in [1.54, 1.807) is 0 Å². The number of amides is 2. The number of ether oxygens (including phenoxy) is 1. The Balaban J connectivity index is 1.10. The van der Waals surface area contributed by atoms with Gasteiger partial charge >= 0.3 is 12.1 Å². The molecule has 0 heterocycles. The number of carboxylic acid groups (broad SMARTS) is 1. The van der Waals surface area contributed by atoms with E-state index in [1.807, 2.05) is 24.3 Å². The van der Waals surface area contributed by atoms with Crippen molar-refractivity contribution in [3.8, 4) is 11.1 Å². The maximum absolute atomic E-state index is 12.6. The van der Waals surface area contributed by atoms with E-state index in [0.717, 1.165) is 19.3 Å². The molecule has 2 aromatic carbocycles. The molecule has 7 heteroatoms. The molecule has 2 saturated carbocycles. The minimum Gasteiger partial charge on any atom is -0.481 e. The Morgan fingerprint density at radius 2 is 1.50 bits per heavy atom. The van der Waals surface area contributed by atoms with E-state index in [9.17, 15) is 14.4 Å². The number of aliphatic carboxylic acids is 1. The Hall–Kier alpha value is -3.35. The Labute approximate surface area is 198 Å². The highest BCUT2D eigenvalue weighted by Crippen LogP contribution is 2.44. The zero-order valence-corrected chi connectivity index (χ0v) is 19.0. The first-order valence-electron chi connectivity index (χ1n) is 12.1. The van der Waals surface area contributed by atoms with Gasteiger partial charge < -0.3 is 20.5 Å². The van der Waals surface area contributed by atoms with Crippen LogP contribution in [-0.2, 0) is 14.3 Å². The molecule has 5 rings (SSSR count). The fraction of sp³-hybridized carbons (Fsp3) is 0.444. The van der Waals surface area contributed by atoms with Crippen LogP contribution in [0.5, 0.6) is 0 Å². The molecule has 0 spiro atoms. The number of carbonyl (C=O) groups excluding carboxylic acids is 2. The van der Waals surface area contributed by atoms with Gasteiger partial charge in [0.25, 0.3) is 0 Å². The molecule has 0 saturated heterocycles. The van der Waals surface area contributed by atoms with Crippen molar-refractivity contribution in [1.82, 2.24) is 10.6 Å². The smallest absolute Gasteiger partial charge is 0.407 e. The number of hydrogen-bond donors (Lipinski definition) is 3. The van der Waals surface area contributed by atoms with Gasteiger partial charge in [-0.25, -0.2) is 4.79 Å². The monoisotopic (exact) mass is 462 g/mol. The number of rotatable bonds is 8. The average molecular weight is 463 g/mol. The number of benzene rings is 2. The summed E-state index contributed by atoms with van der Waals surface area (Å²) in [6, 6.07) is 16.4. The van der Waals surface area contributed by atoms with Crippen LogP contribution in [0.2, 0.25) is 0 Å². The van der Waals surface area contributed by atoms with E-state index in [4.69, 9.17) is 9.84 Å². The van der Waals surface area contributed by atoms with E-state index in [2.05, 4.69) is 34.9 Å². The van der Waals surface area contributed by atoms with Gasteiger partial charge in [-0.2, -0.15) is 0 Å². The van der Waals surface area contributed by atoms with Gasteiger partial charge in [-0.1, -0.05) is 55.0 Å². The van der Waals surface area contributed by atoms with E-state index in [1.165, 1.54) is 22.3 Å². The van der Waals surface area contributed by atoms with Crippen molar-refractivity contribution in [2.75, 3.05) is 19.7 Å². The summed E-state index contributed by atoms with van der Waals surface area (Å²) >= 11 is 0. The van der Waals surface area contributed by atoms with Crippen molar-refractivity contribution in [1.29, 1.82) is 0 Å². The molecule has 4 atom stereocenters. The second-order valence-electron chi connectivity index (χ2n) is 9.69. The predicted molar refractivity (Wildman–Crippen MR) is 126 cm³/mol. The molecule has 2 amide bonds. The normalized spacial score (nSPS) is 24.7. The van der Waals surface area contributed by atoms with Crippen LogP contribution in [0, 0.1) is 23.7 Å². The van der Waals surface area contributed by atoms with Gasteiger partial charge in [-0.3, -0.25) is 9.59 Å². The fourth-order valence-electron chi connectivity index (χ4n) is 5.63. The molecule has 0 aliphatic heterocycles. The number of carbonyl (C=O) groups is 3. The van der Waals surface area contributed by atoms with Crippen molar-refractivity contribution in [3.05, 3.63) is 59.7 Å². The Morgan fingerprint density at radius 3 is 2.15 bits per heavy atom. The molecule has 3 aliphatic carbocycles. The van der Waals surface area contributed by atoms with Gasteiger partial charge in [0, 0.05) is 24.9 Å². The SMILES string of the molecule is O=C(NC[C@@H]1CCC[C@@H]1C(=O)NCC1CC1C(=O)O)OCC1c2ccccc2-c2ccccc21. The quantitative estimate of drug-likeness (QED) is 0.554. The second kappa shape index (κ2) is 9.49. The molecule has 178 valence electrons. The number of carboxylic acids is 1. The van der Waals surface area contributed by atoms with Crippen molar-refractivity contribution in [3.63, 3.8) is 0 Å². The van der Waals surface area contributed by atoms with E-state index in [-0.39, 0.29) is 42.1 Å². The highest BCUT2D eigenvalue weighted by molar-refractivity contribution is 5.80. The Kier molecular flexibility index (Phi) is 6.26. The Bertz CT molecular complexity index is 1050. The molecular formula is C27H30N2O5. The zero-order chi connectivity index (χ0) is 23.7. The third kappa shape index (κ3) is 4.52. The third-order valence-corrected chi connectivity index (χ3v) is 7.63. The third-order valence-electron chi connectivity index (χ3n) is 7.63. The van der Waals surface area contributed by atoms with Crippen molar-refractivity contribution in [2.45, 2.75) is 31.6 Å². The van der Waals surface area contributed by atoms with Crippen LogP contribution >= 0.6 is 0 Å². The Morgan fingerprint density at radius 1 is 0.853 bits per heavy atom. The summed E-state index contributed by atoms with van der Waals surface area (Å²) in [5.74, 6) is -1.18. The number of hydrogen-bond acceptors (Lipinski definition) is 4. The van der Waals surface area contributed by atoms with Crippen LogP contribution in [0.25, 0.3) is 11.1 Å². The molecule has 0 bridgehead atoms. The zero-order valence-electron chi connectivity index (χ0n) is 19.0. The maximum Gasteiger partial charge on any atom is 0.407 e. The lowest BCUT2D eigenvalue weighted by molar-refractivity contribution is -0.139. The van der Waals surface area contributed by atoms with Gasteiger partial charge in [-0.15, -0.1) is 0 Å². The highest BCUT2D eigenvalue weighted by Gasteiger charge is 2.43. The van der Waals surface area contributed by atoms with Crippen LogP contribution in [0.1, 0.15) is 42.7 Å². The number of nitrogens with one attached hydrogen (secondary N) is 2. The first kappa shape index (κ1) is 22.4. The van der Waals surface area contributed by atoms with Gasteiger partial charge in [-0.05, 0) is 53.4 Å². The standard InChI is InChI=1S/C27H30N2O5/c30-25(28-14-17-12-23(17)26(31)32)18-11-5-6-16(18)13-29-27(33)34-15-24-21-9-3-1-7-19(21)20-8-2-4-10-22(20)24/h1-4,7-10,16-18,23-24H,5-6,11-15H2,(H,28,30)(H,29,33)(H,31,32)/t16-,17?,18-,23?/m0/s1. The number of alkyl carbamates (subject to hydrolysis) is 1. The summed E-state index contributed by atoms with van der Waals surface area (Å²) in [6.07, 6.45) is 2.78. The number of fused-ring (bicyclic) bond motifs is 3. The van der Waals surface area contributed by atoms with Crippen LogP contribution < -0.4 is 10.6 Å². The highest BCUT2D eigenvalue weighted by atomic mass is 16.5. The molecule has 3 N–H and O–H groups in total. The largest absolute Gasteiger partial charge is 0.481 e. The van der Waals surface area contributed by atoms with Gasteiger partial charge in [0.05, 0.1) is 5.92 Å². The summed E-state index contributed by atoms with van der Waals surface area (Å²) in [6.45, 7) is 1.08. The molecule has 7 nitrogen and oxygen atoms in total. The molecule has 2 unspecified atom stereocenters. The molecule has 2 aromatic rings. The second-order valence-corrected chi connectivity index (χ2v) is 9.69. The lowest BCUT2D eigenvalue weighted by atomic mass is 9.95. The lowest BCUT2D eigenvalue weighted by Crippen LogP contribution is -2.39. The van der Waals surface area contributed by atoms with Gasteiger partial charge in [0.1, 0.15) is 6.61 Å². The first-order valence-corrected chi connectivity index (χ1v) is 12.1. The summed E-state index contributed by atoms with van der Waals surface area (Å²) in [4.78, 5) is 36.1. The van der Waals surface area contributed by atoms with Crippen molar-refractivity contribution in [2.24, 2.45) is 23.7 Å². The summed E-state index contributed by atoms with van der Waals surface area (Å²) in [5, 5.41) is 14.8. The minimum absolute atomic E-state index is 0.0141. The molecule has 34 heavy (non-hydrogen) atoms. The molecular weight excluding hydrogens is 432 g/mol. The van der Waals surface area contributed by atoms with Gasteiger partial charge in [0.2, 0.25) is 5.91 Å². The minimum atomic E-state index is -0.787. The maximum atomic E-state index is 12.6.